The van der Waals surface area contributed by atoms with Crippen LogP contribution in [0.4, 0.5) is 11.4 Å². The molecule has 0 aliphatic heterocycles. The molecule has 0 unspecified atom stereocenters. The molecule has 1 aromatic carbocycles. The number of benzene rings is 1. The van der Waals surface area contributed by atoms with Crippen LogP contribution in [0, 0.1) is 22.0 Å². The topological polar surface area (TPSA) is 111 Å². The van der Waals surface area contributed by atoms with Crippen molar-refractivity contribution in [2.75, 3.05) is 12.4 Å². The Labute approximate surface area is 158 Å². The average Bonchev–Trinajstić information content (AvgIpc) is 2.64. The Balaban J connectivity index is 2.01. The first-order chi connectivity index (χ1) is 12.7. The average molecular weight is 377 g/mol. The van der Waals surface area contributed by atoms with E-state index >= 15 is 0 Å². The molecule has 0 heterocycles. The Bertz CT molecular complexity index is 721. The maximum atomic E-state index is 12.4. The molecule has 0 saturated heterocycles. The van der Waals surface area contributed by atoms with E-state index in [1.165, 1.54) is 19.1 Å². The van der Waals surface area contributed by atoms with Crippen molar-refractivity contribution in [1.29, 1.82) is 0 Å². The lowest BCUT2D eigenvalue weighted by molar-refractivity contribution is -0.384. The number of hydrogen-bond acceptors (Lipinski definition) is 6. The lowest BCUT2D eigenvalue weighted by Gasteiger charge is -2.35. The molecule has 1 aromatic rings. The Hall–Kier alpha value is -2.64. The van der Waals surface area contributed by atoms with E-state index in [2.05, 4.69) is 24.5 Å². The fourth-order valence-electron chi connectivity index (χ4n) is 3.39. The SMILES string of the molecule is CNc1ccc(C(=O)O[C@H](C)C(=O)N[C@@H]2CCC[C@H](C)[C@@H]2C)cc1[N+](=O)[O-]. The molecule has 0 radical (unpaired) electrons. The van der Waals surface area contributed by atoms with Gasteiger partial charge in [0.15, 0.2) is 6.10 Å². The van der Waals surface area contributed by atoms with Crippen LogP contribution in [0.5, 0.6) is 0 Å². The van der Waals surface area contributed by atoms with Gasteiger partial charge in [-0.05, 0) is 37.3 Å². The Kier molecular flexibility index (Phi) is 6.76. The van der Waals surface area contributed by atoms with E-state index in [-0.39, 0.29) is 23.2 Å². The van der Waals surface area contributed by atoms with Crippen molar-refractivity contribution in [3.63, 3.8) is 0 Å². The first-order valence-electron chi connectivity index (χ1n) is 9.22. The largest absolute Gasteiger partial charge is 0.449 e. The summed E-state index contributed by atoms with van der Waals surface area (Å²) in [7, 11) is 1.56. The summed E-state index contributed by atoms with van der Waals surface area (Å²) in [6.45, 7) is 5.79. The zero-order valence-electron chi connectivity index (χ0n) is 16.2. The molecule has 27 heavy (non-hydrogen) atoms. The molecule has 4 atom stereocenters. The summed E-state index contributed by atoms with van der Waals surface area (Å²) < 4.78 is 5.22. The molecule has 2 N–H and O–H groups in total. The van der Waals surface area contributed by atoms with Gasteiger partial charge in [0.05, 0.1) is 10.5 Å². The van der Waals surface area contributed by atoms with Crippen LogP contribution in [0.15, 0.2) is 18.2 Å². The second kappa shape index (κ2) is 8.83. The molecular formula is C19H27N3O5. The van der Waals surface area contributed by atoms with Gasteiger partial charge in [-0.25, -0.2) is 4.79 Å². The van der Waals surface area contributed by atoms with E-state index < -0.39 is 17.0 Å². The van der Waals surface area contributed by atoms with Crippen molar-refractivity contribution in [3.8, 4) is 0 Å². The van der Waals surface area contributed by atoms with Crippen molar-refractivity contribution >= 4 is 23.3 Å². The third-order valence-electron chi connectivity index (χ3n) is 5.39. The van der Waals surface area contributed by atoms with Gasteiger partial charge in [-0.15, -0.1) is 0 Å². The summed E-state index contributed by atoms with van der Waals surface area (Å²) >= 11 is 0. The van der Waals surface area contributed by atoms with Crippen molar-refractivity contribution in [1.82, 2.24) is 5.32 Å². The number of carbonyl (C=O) groups excluding carboxylic acids is 2. The second-order valence-electron chi connectivity index (χ2n) is 7.17. The van der Waals surface area contributed by atoms with Gasteiger partial charge in [-0.2, -0.15) is 0 Å². The molecule has 8 heteroatoms. The summed E-state index contributed by atoms with van der Waals surface area (Å²) in [6.07, 6.45) is 2.14. The Morgan fingerprint density at radius 1 is 1.30 bits per heavy atom. The van der Waals surface area contributed by atoms with Crippen molar-refractivity contribution in [3.05, 3.63) is 33.9 Å². The predicted molar refractivity (Wildman–Crippen MR) is 102 cm³/mol. The summed E-state index contributed by atoms with van der Waals surface area (Å²) in [5.41, 5.74) is 0.0943. The van der Waals surface area contributed by atoms with Gasteiger partial charge in [0.25, 0.3) is 11.6 Å². The highest BCUT2D eigenvalue weighted by Crippen LogP contribution is 2.29. The fourth-order valence-corrected chi connectivity index (χ4v) is 3.39. The van der Waals surface area contributed by atoms with Gasteiger partial charge < -0.3 is 15.4 Å². The molecule has 0 aromatic heterocycles. The maximum absolute atomic E-state index is 12.4. The van der Waals surface area contributed by atoms with E-state index in [4.69, 9.17) is 4.74 Å². The number of nitro benzene ring substituents is 1. The predicted octanol–water partition coefficient (Wildman–Crippen LogP) is 3.12. The first kappa shape index (κ1) is 20.7. The fraction of sp³-hybridized carbons (Fsp3) is 0.579. The van der Waals surface area contributed by atoms with Crippen LogP contribution in [-0.4, -0.2) is 36.0 Å². The van der Waals surface area contributed by atoms with Crippen molar-refractivity contribution in [2.45, 2.75) is 52.2 Å². The number of anilines is 1. The minimum absolute atomic E-state index is 0.0278. The summed E-state index contributed by atoms with van der Waals surface area (Å²) in [5, 5.41) is 16.8. The first-order valence-corrected chi connectivity index (χ1v) is 9.22. The van der Waals surface area contributed by atoms with E-state index in [0.29, 0.717) is 17.5 Å². The van der Waals surface area contributed by atoms with Crippen molar-refractivity contribution < 1.29 is 19.2 Å². The number of ether oxygens (including phenoxy) is 1. The van der Waals surface area contributed by atoms with Crippen LogP contribution >= 0.6 is 0 Å². The van der Waals surface area contributed by atoms with Gasteiger partial charge >= 0.3 is 5.97 Å². The quantitative estimate of drug-likeness (QED) is 0.448. The molecule has 148 valence electrons. The number of nitrogens with zero attached hydrogens (tertiary/aromatic N) is 1. The molecule has 1 saturated carbocycles. The Morgan fingerprint density at radius 3 is 2.63 bits per heavy atom. The molecule has 0 spiro atoms. The van der Waals surface area contributed by atoms with Gasteiger partial charge in [0, 0.05) is 19.2 Å². The van der Waals surface area contributed by atoms with E-state index in [9.17, 15) is 19.7 Å². The van der Waals surface area contributed by atoms with Crippen LogP contribution in [-0.2, 0) is 9.53 Å². The summed E-state index contributed by atoms with van der Waals surface area (Å²) in [5.74, 6) is -0.223. The summed E-state index contributed by atoms with van der Waals surface area (Å²) in [4.78, 5) is 35.2. The van der Waals surface area contributed by atoms with Crippen LogP contribution in [0.3, 0.4) is 0 Å². The summed E-state index contributed by atoms with van der Waals surface area (Å²) in [6, 6.07) is 4.07. The molecule has 1 fully saturated rings. The Morgan fingerprint density at radius 2 is 2.00 bits per heavy atom. The number of nitrogens with one attached hydrogen (secondary N) is 2. The number of hydrogen-bond donors (Lipinski definition) is 2. The lowest BCUT2D eigenvalue weighted by atomic mass is 9.78. The third kappa shape index (κ3) is 4.96. The minimum Gasteiger partial charge on any atom is -0.449 e. The number of rotatable bonds is 6. The molecule has 8 nitrogen and oxygen atoms in total. The van der Waals surface area contributed by atoms with Crippen molar-refractivity contribution in [2.24, 2.45) is 11.8 Å². The zero-order valence-corrected chi connectivity index (χ0v) is 16.2. The van der Waals surface area contributed by atoms with E-state index in [1.54, 1.807) is 7.05 Å². The highest BCUT2D eigenvalue weighted by atomic mass is 16.6. The van der Waals surface area contributed by atoms with Crippen LogP contribution in [0.2, 0.25) is 0 Å². The molecule has 1 aliphatic carbocycles. The molecule has 1 amide bonds. The lowest BCUT2D eigenvalue weighted by Crippen LogP contribution is -2.47. The number of carbonyl (C=O) groups is 2. The third-order valence-corrected chi connectivity index (χ3v) is 5.39. The molecule has 1 aliphatic rings. The van der Waals surface area contributed by atoms with Gasteiger partial charge in [-0.1, -0.05) is 26.7 Å². The molecular weight excluding hydrogens is 350 g/mol. The maximum Gasteiger partial charge on any atom is 0.339 e. The van der Waals surface area contributed by atoms with Gasteiger partial charge in [0.1, 0.15) is 5.69 Å². The number of esters is 1. The van der Waals surface area contributed by atoms with E-state index in [0.717, 1.165) is 25.3 Å². The molecule has 2 rings (SSSR count). The van der Waals surface area contributed by atoms with Gasteiger partial charge in [-0.3, -0.25) is 14.9 Å². The van der Waals surface area contributed by atoms with Crippen LogP contribution in [0.25, 0.3) is 0 Å². The smallest absolute Gasteiger partial charge is 0.339 e. The van der Waals surface area contributed by atoms with Crippen LogP contribution in [0.1, 0.15) is 50.4 Å². The highest BCUT2D eigenvalue weighted by molar-refractivity contribution is 5.93. The zero-order chi connectivity index (χ0) is 20.1. The standard InChI is InChI=1S/C19H27N3O5/c1-11-6-5-7-15(12(11)2)21-18(23)13(3)27-19(24)14-8-9-16(20-4)17(10-14)22(25)26/h8-13,15,20H,5-7H2,1-4H3,(H,21,23)/t11-,12-,13+,15+/m0/s1. The minimum atomic E-state index is -0.982. The number of amides is 1. The monoisotopic (exact) mass is 377 g/mol. The molecule has 0 bridgehead atoms. The second-order valence-corrected chi connectivity index (χ2v) is 7.17. The van der Waals surface area contributed by atoms with Crippen LogP contribution < -0.4 is 10.6 Å². The number of nitro groups is 1. The van der Waals surface area contributed by atoms with Gasteiger partial charge in [0.2, 0.25) is 0 Å². The normalized spacial score (nSPS) is 23.2. The van der Waals surface area contributed by atoms with E-state index in [1.807, 2.05) is 0 Å². The highest BCUT2D eigenvalue weighted by Gasteiger charge is 2.30.